The number of hydrogen-bond acceptors (Lipinski definition) is 4. The van der Waals surface area contributed by atoms with Gasteiger partial charge in [0.2, 0.25) is 15.6 Å². The van der Waals surface area contributed by atoms with Crippen molar-refractivity contribution in [1.29, 1.82) is 0 Å². The van der Waals surface area contributed by atoms with Gasteiger partial charge in [0.05, 0.1) is 10.6 Å². The number of halogens is 1. The highest BCUT2D eigenvalue weighted by Crippen LogP contribution is 2.40. The number of anilines is 2. The Morgan fingerprint density at radius 2 is 1.44 bits per heavy atom. The van der Waals surface area contributed by atoms with Gasteiger partial charge in [0, 0.05) is 21.0 Å². The first kappa shape index (κ1) is 17.9. The van der Waals surface area contributed by atoms with Crippen LogP contribution in [0.25, 0.3) is 0 Å². The smallest absolute Gasteiger partial charge is 0.214 e. The van der Waals surface area contributed by atoms with Crippen LogP contribution in [0.1, 0.15) is 10.4 Å². The lowest BCUT2D eigenvalue weighted by Crippen LogP contribution is -2.25. The van der Waals surface area contributed by atoms with Crippen molar-refractivity contribution in [2.24, 2.45) is 0 Å². The second kappa shape index (κ2) is 6.94. The summed E-state index contributed by atoms with van der Waals surface area (Å²) in [5.41, 5.74) is 1.66. The van der Waals surface area contributed by atoms with Crippen molar-refractivity contribution in [2.75, 3.05) is 4.90 Å². The molecule has 6 heteroatoms. The van der Waals surface area contributed by atoms with Gasteiger partial charge in [-0.05, 0) is 59.0 Å². The minimum Gasteiger partial charge on any atom is -0.314 e. The van der Waals surface area contributed by atoms with Crippen molar-refractivity contribution in [3.05, 3.63) is 99.1 Å². The van der Waals surface area contributed by atoms with Crippen LogP contribution in [-0.2, 0) is 9.84 Å². The van der Waals surface area contributed by atoms with E-state index in [1.54, 1.807) is 53.4 Å². The molecule has 0 aliphatic carbocycles. The summed E-state index contributed by atoms with van der Waals surface area (Å²) in [6, 6.07) is 22.9. The third kappa shape index (κ3) is 3.19. The lowest BCUT2D eigenvalue weighted by atomic mass is 10.1. The summed E-state index contributed by atoms with van der Waals surface area (Å²) in [6.07, 6.45) is 1.43. The van der Waals surface area contributed by atoms with Crippen LogP contribution in [0.15, 0.2) is 94.9 Å². The lowest BCUT2D eigenvalue weighted by Gasteiger charge is -2.28. The first-order valence-corrected chi connectivity index (χ1v) is 10.8. The Hall–Kier alpha value is -2.45. The predicted molar refractivity (Wildman–Crippen MR) is 114 cm³/mol. The molecule has 0 atom stereocenters. The van der Waals surface area contributed by atoms with E-state index in [9.17, 15) is 13.2 Å². The van der Waals surface area contributed by atoms with Gasteiger partial charge in [0.1, 0.15) is 4.91 Å². The monoisotopic (exact) mass is 487 g/mol. The van der Waals surface area contributed by atoms with Gasteiger partial charge in [-0.1, -0.05) is 42.5 Å². The number of para-hydroxylation sites is 1. The molecule has 0 saturated heterocycles. The molecule has 27 heavy (non-hydrogen) atoms. The van der Waals surface area contributed by atoms with E-state index in [-0.39, 0.29) is 9.80 Å². The standard InChI is InChI=1S/C21H14INO3S/c22-16-10-12-17(13-11-16)23-14-20(21(24)15-6-2-1-3-7-15)27(25,26)19-9-5-4-8-18(19)23/h1-14H. The van der Waals surface area contributed by atoms with Gasteiger partial charge in [-0.25, -0.2) is 8.42 Å². The van der Waals surface area contributed by atoms with Crippen LogP contribution in [-0.4, -0.2) is 14.2 Å². The maximum atomic E-state index is 13.1. The number of nitrogens with zero attached hydrogens (tertiary/aromatic N) is 1. The van der Waals surface area contributed by atoms with Crippen molar-refractivity contribution in [1.82, 2.24) is 0 Å². The third-order valence-electron chi connectivity index (χ3n) is 4.31. The van der Waals surface area contributed by atoms with Gasteiger partial charge in [-0.3, -0.25) is 4.79 Å². The average Bonchev–Trinajstić information content (AvgIpc) is 2.69. The Labute approximate surface area is 171 Å². The highest BCUT2D eigenvalue weighted by Gasteiger charge is 2.35. The number of benzene rings is 3. The van der Waals surface area contributed by atoms with Crippen LogP contribution in [0.4, 0.5) is 11.4 Å². The topological polar surface area (TPSA) is 54.5 Å². The zero-order valence-electron chi connectivity index (χ0n) is 14.0. The number of carbonyl (C=O) groups excluding carboxylic acids is 1. The maximum Gasteiger partial charge on any atom is 0.214 e. The number of carbonyl (C=O) groups is 1. The first-order valence-electron chi connectivity index (χ1n) is 8.19. The molecule has 3 aromatic carbocycles. The Kier molecular flexibility index (Phi) is 4.61. The molecule has 0 aromatic heterocycles. The van der Waals surface area contributed by atoms with Crippen LogP contribution in [0, 0.1) is 3.57 Å². The number of allylic oxidation sites excluding steroid dienone is 1. The zero-order valence-corrected chi connectivity index (χ0v) is 17.0. The minimum absolute atomic E-state index is 0.130. The minimum atomic E-state index is -3.91. The molecule has 0 bridgehead atoms. The molecule has 1 aliphatic heterocycles. The van der Waals surface area contributed by atoms with E-state index in [1.165, 1.54) is 12.3 Å². The molecule has 4 nitrogen and oxygen atoms in total. The maximum absolute atomic E-state index is 13.1. The molecule has 1 aliphatic rings. The van der Waals surface area contributed by atoms with Crippen molar-refractivity contribution in [3.63, 3.8) is 0 Å². The van der Waals surface area contributed by atoms with Gasteiger partial charge < -0.3 is 4.90 Å². The van der Waals surface area contributed by atoms with Crippen LogP contribution in [0.2, 0.25) is 0 Å². The van der Waals surface area contributed by atoms with Gasteiger partial charge in [-0.2, -0.15) is 0 Å². The van der Waals surface area contributed by atoms with E-state index in [1.807, 2.05) is 24.3 Å². The highest BCUT2D eigenvalue weighted by molar-refractivity contribution is 14.1. The summed E-state index contributed by atoms with van der Waals surface area (Å²) in [5, 5.41) is 0. The van der Waals surface area contributed by atoms with Gasteiger partial charge in [-0.15, -0.1) is 0 Å². The SMILES string of the molecule is O=C(C1=CN(c2ccc(I)cc2)c2ccccc2S1(=O)=O)c1ccccc1. The number of hydrogen-bond donors (Lipinski definition) is 0. The van der Waals surface area contributed by atoms with Crippen LogP contribution < -0.4 is 4.90 Å². The van der Waals surface area contributed by atoms with Gasteiger partial charge in [0.15, 0.2) is 0 Å². The van der Waals surface area contributed by atoms with Crippen molar-refractivity contribution in [3.8, 4) is 0 Å². The summed E-state index contributed by atoms with van der Waals surface area (Å²) in [5.74, 6) is -0.513. The molecule has 0 unspecified atom stereocenters. The molecular formula is C21H14INO3S. The molecule has 0 fully saturated rings. The van der Waals surface area contributed by atoms with E-state index >= 15 is 0 Å². The Morgan fingerprint density at radius 3 is 2.15 bits per heavy atom. The largest absolute Gasteiger partial charge is 0.314 e. The first-order chi connectivity index (χ1) is 13.0. The zero-order chi connectivity index (χ0) is 19.0. The third-order valence-corrected chi connectivity index (χ3v) is 6.83. The fourth-order valence-electron chi connectivity index (χ4n) is 2.99. The molecule has 4 rings (SSSR count). The fourth-order valence-corrected chi connectivity index (χ4v) is 4.89. The molecule has 0 N–H and O–H groups in total. The Morgan fingerprint density at radius 1 is 0.815 bits per heavy atom. The van der Waals surface area contributed by atoms with Gasteiger partial charge >= 0.3 is 0 Å². The molecular weight excluding hydrogens is 473 g/mol. The van der Waals surface area contributed by atoms with Crippen LogP contribution >= 0.6 is 22.6 Å². The van der Waals surface area contributed by atoms with E-state index in [0.29, 0.717) is 11.3 Å². The normalized spacial score (nSPS) is 15.0. The van der Waals surface area contributed by atoms with E-state index in [2.05, 4.69) is 22.6 Å². The van der Waals surface area contributed by atoms with E-state index in [0.717, 1.165) is 9.26 Å². The molecule has 0 spiro atoms. The molecule has 1 heterocycles. The number of fused-ring (bicyclic) bond motifs is 1. The number of rotatable bonds is 3. The molecule has 134 valence electrons. The van der Waals surface area contributed by atoms with E-state index in [4.69, 9.17) is 0 Å². The summed E-state index contributed by atoms with van der Waals surface area (Å²) in [7, 11) is -3.91. The quantitative estimate of drug-likeness (QED) is 0.388. The summed E-state index contributed by atoms with van der Waals surface area (Å²) >= 11 is 2.21. The average molecular weight is 487 g/mol. The van der Waals surface area contributed by atoms with Crippen molar-refractivity contribution in [2.45, 2.75) is 4.90 Å². The second-order valence-electron chi connectivity index (χ2n) is 6.01. The second-order valence-corrected chi connectivity index (χ2v) is 9.14. The summed E-state index contributed by atoms with van der Waals surface area (Å²) < 4.78 is 27.3. The lowest BCUT2D eigenvalue weighted by molar-refractivity contribution is 0.104. The number of sulfone groups is 1. The Balaban J connectivity index is 1.93. The summed E-state index contributed by atoms with van der Waals surface area (Å²) in [4.78, 5) is 14.6. The van der Waals surface area contributed by atoms with Crippen molar-refractivity contribution < 1.29 is 13.2 Å². The molecule has 0 radical (unpaired) electrons. The molecule has 3 aromatic rings. The van der Waals surface area contributed by atoms with Crippen LogP contribution in [0.3, 0.4) is 0 Å². The Bertz CT molecular complexity index is 1150. The van der Waals surface area contributed by atoms with Crippen LogP contribution in [0.5, 0.6) is 0 Å². The molecule has 0 saturated carbocycles. The number of ketones is 1. The molecule has 0 amide bonds. The predicted octanol–water partition coefficient (Wildman–Crippen LogP) is 4.94. The fraction of sp³-hybridized carbons (Fsp3) is 0. The van der Waals surface area contributed by atoms with Gasteiger partial charge in [0.25, 0.3) is 0 Å². The van der Waals surface area contributed by atoms with E-state index < -0.39 is 15.6 Å². The number of Topliss-reactive ketones (excluding diaryl/α,β-unsaturated/α-hetero) is 1. The highest BCUT2D eigenvalue weighted by atomic mass is 127. The summed E-state index contributed by atoms with van der Waals surface area (Å²) in [6.45, 7) is 0. The van der Waals surface area contributed by atoms with Crippen molar-refractivity contribution >= 4 is 49.6 Å².